The predicted molar refractivity (Wildman–Crippen MR) is 134 cm³/mol. The Labute approximate surface area is 209 Å². The minimum Gasteiger partial charge on any atom is -0.379 e. The van der Waals surface area contributed by atoms with Gasteiger partial charge in [0, 0.05) is 40.8 Å². The van der Waals surface area contributed by atoms with Gasteiger partial charge in [-0.2, -0.15) is 13.2 Å². The Balaban J connectivity index is 1.67. The van der Waals surface area contributed by atoms with Crippen molar-refractivity contribution < 1.29 is 22.7 Å². The van der Waals surface area contributed by atoms with Gasteiger partial charge in [0.2, 0.25) is 0 Å². The molecule has 0 aliphatic carbocycles. The number of fused-ring (bicyclic) bond motifs is 2. The molecule has 3 aromatic carbocycles. The van der Waals surface area contributed by atoms with Crippen LogP contribution in [0.4, 0.5) is 13.2 Å². The molecule has 0 spiro atoms. The standard InChI is InChI=1S/C27H24BrF3N2O2/c1-16-23(26(34)20-7-9-22(28)19-5-3-2-4-18(19)20)24-17(10-11-33-12-14-35-15-13-33)6-8-21(25(24)32-16)27(29,30)31/h2-9,32H,10-15H2,1H3. The van der Waals surface area contributed by atoms with E-state index in [1.807, 2.05) is 24.3 Å². The summed E-state index contributed by atoms with van der Waals surface area (Å²) >= 11 is 3.53. The lowest BCUT2D eigenvalue weighted by Crippen LogP contribution is -2.37. The largest absolute Gasteiger partial charge is 0.418 e. The molecule has 0 radical (unpaired) electrons. The molecule has 0 amide bonds. The summed E-state index contributed by atoms with van der Waals surface area (Å²) in [5.74, 6) is -0.288. The monoisotopic (exact) mass is 544 g/mol. The maximum absolute atomic E-state index is 13.9. The topological polar surface area (TPSA) is 45.3 Å². The van der Waals surface area contributed by atoms with Crippen LogP contribution < -0.4 is 0 Å². The molecule has 8 heteroatoms. The van der Waals surface area contributed by atoms with E-state index >= 15 is 0 Å². The Kier molecular flexibility index (Phi) is 6.46. The molecule has 4 aromatic rings. The zero-order chi connectivity index (χ0) is 24.7. The number of aryl methyl sites for hydroxylation is 1. The number of alkyl halides is 3. The van der Waals surface area contributed by atoms with E-state index in [1.54, 1.807) is 19.1 Å². The number of H-pyrrole nitrogens is 1. The number of aromatic nitrogens is 1. The lowest BCUT2D eigenvalue weighted by Gasteiger charge is -2.26. The third-order valence-corrected chi connectivity index (χ3v) is 7.37. The van der Waals surface area contributed by atoms with Gasteiger partial charge in [0.1, 0.15) is 0 Å². The van der Waals surface area contributed by atoms with Crippen LogP contribution in [0.3, 0.4) is 0 Å². The Morgan fingerprint density at radius 1 is 1.06 bits per heavy atom. The molecule has 1 fully saturated rings. The molecule has 1 aromatic heterocycles. The molecule has 0 saturated carbocycles. The van der Waals surface area contributed by atoms with Crippen LogP contribution in [0.1, 0.15) is 32.7 Å². The van der Waals surface area contributed by atoms with Gasteiger partial charge >= 0.3 is 6.18 Å². The van der Waals surface area contributed by atoms with Crippen molar-refractivity contribution in [3.63, 3.8) is 0 Å². The van der Waals surface area contributed by atoms with Crippen molar-refractivity contribution in [2.45, 2.75) is 19.5 Å². The van der Waals surface area contributed by atoms with E-state index in [1.165, 1.54) is 6.07 Å². The number of ketones is 1. The number of nitrogens with one attached hydrogen (secondary N) is 1. The highest BCUT2D eigenvalue weighted by atomic mass is 79.9. The van der Waals surface area contributed by atoms with Crippen LogP contribution in [-0.4, -0.2) is 48.5 Å². The number of nitrogens with zero attached hydrogens (tertiary/aromatic N) is 1. The van der Waals surface area contributed by atoms with E-state index in [-0.39, 0.29) is 11.3 Å². The number of hydrogen-bond donors (Lipinski definition) is 1. The minimum atomic E-state index is -4.54. The van der Waals surface area contributed by atoms with Crippen LogP contribution in [0.2, 0.25) is 0 Å². The number of aromatic amines is 1. The Bertz CT molecular complexity index is 1420. The lowest BCUT2D eigenvalue weighted by molar-refractivity contribution is -0.136. The average Bonchev–Trinajstić information content (AvgIpc) is 3.19. The fourth-order valence-electron chi connectivity index (χ4n) is 4.93. The quantitative estimate of drug-likeness (QED) is 0.291. The Morgan fingerprint density at radius 2 is 1.77 bits per heavy atom. The fourth-order valence-corrected chi connectivity index (χ4v) is 5.40. The molecular formula is C27H24BrF3N2O2. The summed E-state index contributed by atoms with van der Waals surface area (Å²) in [6, 6.07) is 13.7. The van der Waals surface area contributed by atoms with Crippen molar-refractivity contribution >= 4 is 43.4 Å². The summed E-state index contributed by atoms with van der Waals surface area (Å²) in [5.41, 5.74) is 1.14. The number of morpholine rings is 1. The summed E-state index contributed by atoms with van der Waals surface area (Å²) < 4.78 is 48.0. The molecule has 1 saturated heterocycles. The van der Waals surface area contributed by atoms with E-state index in [0.29, 0.717) is 48.4 Å². The molecule has 5 rings (SSSR count). The summed E-state index contributed by atoms with van der Waals surface area (Å²) in [6.45, 7) is 5.21. The average molecular weight is 545 g/mol. The molecule has 0 unspecified atom stereocenters. The van der Waals surface area contributed by atoms with Crippen LogP contribution in [0.5, 0.6) is 0 Å². The first-order chi connectivity index (χ1) is 16.8. The van der Waals surface area contributed by atoms with Gasteiger partial charge in [-0.1, -0.05) is 46.3 Å². The Hall–Kier alpha value is -2.68. The third-order valence-electron chi connectivity index (χ3n) is 6.68. The second-order valence-corrected chi connectivity index (χ2v) is 9.67. The summed E-state index contributed by atoms with van der Waals surface area (Å²) in [4.78, 5) is 19.1. The van der Waals surface area contributed by atoms with Crippen LogP contribution >= 0.6 is 15.9 Å². The van der Waals surface area contributed by atoms with Gasteiger partial charge in [0.15, 0.2) is 5.78 Å². The molecule has 1 aliphatic rings. The van der Waals surface area contributed by atoms with Gasteiger partial charge in [-0.05, 0) is 47.9 Å². The summed E-state index contributed by atoms with van der Waals surface area (Å²) in [7, 11) is 0. The second-order valence-electron chi connectivity index (χ2n) is 8.82. The van der Waals surface area contributed by atoms with Crippen molar-refractivity contribution in [1.29, 1.82) is 0 Å². The van der Waals surface area contributed by atoms with Crippen LogP contribution in [0.15, 0.2) is 53.0 Å². The van der Waals surface area contributed by atoms with Crippen molar-refractivity contribution in [1.82, 2.24) is 9.88 Å². The van der Waals surface area contributed by atoms with E-state index in [2.05, 4.69) is 25.8 Å². The van der Waals surface area contributed by atoms with Crippen molar-refractivity contribution in [2.24, 2.45) is 0 Å². The first kappa shape index (κ1) is 24.0. The number of hydrogen-bond acceptors (Lipinski definition) is 3. The van der Waals surface area contributed by atoms with Gasteiger partial charge < -0.3 is 9.72 Å². The van der Waals surface area contributed by atoms with Crippen molar-refractivity contribution in [2.75, 3.05) is 32.8 Å². The van der Waals surface area contributed by atoms with Crippen LogP contribution in [0.25, 0.3) is 21.7 Å². The van der Waals surface area contributed by atoms with Crippen LogP contribution in [0, 0.1) is 6.92 Å². The molecule has 4 nitrogen and oxygen atoms in total. The Morgan fingerprint density at radius 3 is 2.49 bits per heavy atom. The lowest BCUT2D eigenvalue weighted by atomic mass is 9.92. The molecule has 1 N–H and O–H groups in total. The van der Waals surface area contributed by atoms with E-state index in [0.717, 1.165) is 40.0 Å². The number of carbonyl (C=O) groups is 1. The third kappa shape index (κ3) is 4.50. The predicted octanol–water partition coefficient (Wildman–Crippen LogP) is 6.52. The highest BCUT2D eigenvalue weighted by Crippen LogP contribution is 2.39. The van der Waals surface area contributed by atoms with Gasteiger partial charge in [-0.15, -0.1) is 0 Å². The van der Waals surface area contributed by atoms with Crippen LogP contribution in [-0.2, 0) is 17.3 Å². The van der Waals surface area contributed by atoms with Gasteiger partial charge in [0.05, 0.1) is 29.9 Å². The number of carbonyl (C=O) groups excluding carboxylic acids is 1. The fraction of sp³-hybridized carbons (Fsp3) is 0.296. The maximum Gasteiger partial charge on any atom is 0.418 e. The summed E-state index contributed by atoms with van der Waals surface area (Å²) in [6.07, 6.45) is -4.00. The molecular weight excluding hydrogens is 521 g/mol. The number of rotatable bonds is 5. The zero-order valence-corrected chi connectivity index (χ0v) is 20.7. The van der Waals surface area contributed by atoms with Gasteiger partial charge in [-0.25, -0.2) is 0 Å². The second kappa shape index (κ2) is 9.41. The number of halogens is 4. The highest BCUT2D eigenvalue weighted by Gasteiger charge is 2.35. The zero-order valence-electron chi connectivity index (χ0n) is 19.1. The molecule has 0 bridgehead atoms. The van der Waals surface area contributed by atoms with Crippen molar-refractivity contribution in [3.8, 4) is 0 Å². The number of benzene rings is 3. The smallest absolute Gasteiger partial charge is 0.379 e. The maximum atomic E-state index is 13.9. The van der Waals surface area contributed by atoms with Gasteiger partial charge in [0.25, 0.3) is 0 Å². The number of ether oxygens (including phenoxy) is 1. The van der Waals surface area contributed by atoms with Gasteiger partial charge in [-0.3, -0.25) is 9.69 Å². The first-order valence-electron chi connectivity index (χ1n) is 11.5. The van der Waals surface area contributed by atoms with E-state index in [9.17, 15) is 18.0 Å². The van der Waals surface area contributed by atoms with Crippen molar-refractivity contribution in [3.05, 3.63) is 81.0 Å². The normalized spacial score (nSPS) is 15.2. The summed E-state index contributed by atoms with van der Waals surface area (Å²) in [5, 5.41) is 1.99. The molecule has 1 aliphatic heterocycles. The van der Waals surface area contributed by atoms with E-state index < -0.39 is 11.7 Å². The molecule has 2 heterocycles. The minimum absolute atomic E-state index is 0.0285. The molecule has 182 valence electrons. The SMILES string of the molecule is Cc1[nH]c2c(C(F)(F)F)ccc(CCN3CCOCC3)c2c1C(=O)c1ccc(Br)c2ccccc12. The molecule has 35 heavy (non-hydrogen) atoms. The molecule has 0 atom stereocenters. The van der Waals surface area contributed by atoms with E-state index in [4.69, 9.17) is 4.74 Å². The first-order valence-corrected chi connectivity index (χ1v) is 12.3. The highest BCUT2D eigenvalue weighted by molar-refractivity contribution is 9.10.